The van der Waals surface area contributed by atoms with Crippen LogP contribution in [0, 0.1) is 5.92 Å². The minimum absolute atomic E-state index is 0.00454. The van der Waals surface area contributed by atoms with Gasteiger partial charge in [0.15, 0.2) is 11.6 Å². The number of hydrogen-bond donors (Lipinski definition) is 2. The molecular weight excluding hydrogens is 285 g/mol. The third kappa shape index (κ3) is 1.85. The first-order valence-electron chi connectivity index (χ1n) is 7.13. The van der Waals surface area contributed by atoms with Crippen molar-refractivity contribution in [2.45, 2.75) is 32.3 Å². The van der Waals surface area contributed by atoms with E-state index >= 15 is 0 Å². The first kappa shape index (κ1) is 14.7. The number of benzene rings is 1. The lowest BCUT2D eigenvalue weighted by molar-refractivity contribution is -0.127. The lowest BCUT2D eigenvalue weighted by atomic mass is 9.76. The number of carbonyl (C=O) groups is 3. The molecule has 0 saturated heterocycles. The second kappa shape index (κ2) is 4.61. The van der Waals surface area contributed by atoms with E-state index in [-0.39, 0.29) is 46.6 Å². The average Bonchev–Trinajstić information content (AvgIpc) is 2.42. The molecule has 5 nitrogen and oxygen atoms in total. The minimum Gasteiger partial charge on any atom is -0.507 e. The summed E-state index contributed by atoms with van der Waals surface area (Å²) in [6.45, 7) is 2.82. The Labute approximate surface area is 127 Å². The van der Waals surface area contributed by atoms with E-state index in [9.17, 15) is 24.6 Å². The summed E-state index contributed by atoms with van der Waals surface area (Å²) in [5.41, 5.74) is -0.935. The zero-order valence-corrected chi connectivity index (χ0v) is 12.3. The number of phenolic OH excluding ortho intramolecular Hbond substituents is 1. The number of rotatable bonds is 1. The molecule has 5 heteroatoms. The van der Waals surface area contributed by atoms with E-state index in [4.69, 9.17) is 0 Å². The standard InChI is InChI=1S/C17H16O5/c1-8(18)14-13-10(6-7-17(14,2)22)15(20)12-9(16(13)21)4-3-5-11(12)19/h3-5,14,19,22H,6-7H2,1-2H3/t14-,17-/m1/s1/i14+1. The smallest absolute Gasteiger partial charge is 0.193 e. The van der Waals surface area contributed by atoms with Crippen LogP contribution in [0.1, 0.15) is 47.4 Å². The van der Waals surface area contributed by atoms with E-state index in [0.717, 1.165) is 0 Å². The largest absolute Gasteiger partial charge is 0.507 e. The van der Waals surface area contributed by atoms with Gasteiger partial charge in [-0.15, -0.1) is 0 Å². The number of aliphatic hydroxyl groups is 1. The molecule has 1 aromatic rings. The van der Waals surface area contributed by atoms with Crippen LogP contribution in [0.25, 0.3) is 0 Å². The fourth-order valence-corrected chi connectivity index (χ4v) is 3.55. The SMILES string of the molecule is CC(=O)[13C@@H]1C2=C(CC[C@@]1(C)O)C(=O)c1c(O)cccc1C2=O. The summed E-state index contributed by atoms with van der Waals surface area (Å²) >= 11 is 0. The summed E-state index contributed by atoms with van der Waals surface area (Å²) in [6.07, 6.45) is 0.433. The maximum Gasteiger partial charge on any atom is 0.193 e. The molecule has 0 heterocycles. The number of phenols is 1. The summed E-state index contributed by atoms with van der Waals surface area (Å²) in [7, 11) is 0. The number of carbonyl (C=O) groups excluding carboxylic acids is 3. The van der Waals surface area contributed by atoms with Crippen molar-refractivity contribution in [2.24, 2.45) is 5.92 Å². The van der Waals surface area contributed by atoms with Gasteiger partial charge < -0.3 is 10.2 Å². The normalized spacial score (nSPS) is 27.5. The van der Waals surface area contributed by atoms with Gasteiger partial charge in [-0.3, -0.25) is 14.4 Å². The van der Waals surface area contributed by atoms with E-state index in [1.165, 1.54) is 32.0 Å². The number of hydrogen-bond acceptors (Lipinski definition) is 5. The molecule has 3 rings (SSSR count). The molecule has 114 valence electrons. The predicted octanol–water partition coefficient (Wildman–Crippen LogP) is 1.82. The van der Waals surface area contributed by atoms with Crippen LogP contribution in [-0.2, 0) is 4.79 Å². The van der Waals surface area contributed by atoms with Crippen molar-refractivity contribution >= 4 is 17.3 Å². The Morgan fingerprint density at radius 3 is 2.59 bits per heavy atom. The average molecular weight is 301 g/mol. The van der Waals surface area contributed by atoms with Crippen LogP contribution < -0.4 is 0 Å². The van der Waals surface area contributed by atoms with Crippen LogP contribution >= 0.6 is 0 Å². The van der Waals surface area contributed by atoms with Crippen molar-refractivity contribution in [1.29, 1.82) is 0 Å². The van der Waals surface area contributed by atoms with Crippen molar-refractivity contribution in [3.8, 4) is 5.75 Å². The first-order valence-corrected chi connectivity index (χ1v) is 7.13. The van der Waals surface area contributed by atoms with Gasteiger partial charge in [-0.25, -0.2) is 0 Å². The zero-order valence-electron chi connectivity index (χ0n) is 12.3. The number of Topliss-reactive ketones (excluding diaryl/α,β-unsaturated/α-hetero) is 3. The van der Waals surface area contributed by atoms with Crippen molar-refractivity contribution in [3.05, 3.63) is 40.5 Å². The topological polar surface area (TPSA) is 91.7 Å². The van der Waals surface area contributed by atoms with E-state index in [1.807, 2.05) is 0 Å². The fraction of sp³-hybridized carbons (Fsp3) is 0.353. The van der Waals surface area contributed by atoms with Gasteiger partial charge >= 0.3 is 0 Å². The molecule has 2 aliphatic rings. The number of allylic oxidation sites excluding steroid dienone is 1. The molecule has 0 bridgehead atoms. The van der Waals surface area contributed by atoms with Crippen LogP contribution in [0.15, 0.2) is 29.3 Å². The Kier molecular flexibility index (Phi) is 3.07. The molecule has 2 aliphatic carbocycles. The van der Waals surface area contributed by atoms with Gasteiger partial charge in [0.1, 0.15) is 11.5 Å². The molecule has 2 N–H and O–H groups in total. The van der Waals surface area contributed by atoms with E-state index in [1.54, 1.807) is 0 Å². The molecule has 0 spiro atoms. The first-order chi connectivity index (χ1) is 10.3. The second-order valence-electron chi connectivity index (χ2n) is 6.15. The fourth-order valence-electron chi connectivity index (χ4n) is 3.55. The van der Waals surface area contributed by atoms with Gasteiger partial charge in [0.05, 0.1) is 17.1 Å². The molecule has 1 aromatic carbocycles. The highest BCUT2D eigenvalue weighted by Crippen LogP contribution is 2.45. The van der Waals surface area contributed by atoms with Gasteiger partial charge in [-0.1, -0.05) is 12.1 Å². The highest BCUT2D eigenvalue weighted by atomic mass is 16.3. The van der Waals surface area contributed by atoms with Crippen LogP contribution in [0.2, 0.25) is 0 Å². The second-order valence-corrected chi connectivity index (χ2v) is 6.15. The van der Waals surface area contributed by atoms with Gasteiger partial charge in [0, 0.05) is 16.7 Å². The van der Waals surface area contributed by atoms with Gasteiger partial charge in [-0.05, 0) is 32.8 Å². The maximum absolute atomic E-state index is 12.8. The highest BCUT2D eigenvalue weighted by Gasteiger charge is 2.49. The molecule has 0 aliphatic heterocycles. The summed E-state index contributed by atoms with van der Waals surface area (Å²) in [6, 6.07) is 4.30. The molecule has 0 amide bonds. The Bertz CT molecular complexity index is 754. The van der Waals surface area contributed by atoms with Crippen LogP contribution in [-0.4, -0.2) is 33.2 Å². The quantitative estimate of drug-likeness (QED) is 0.772. The monoisotopic (exact) mass is 301 g/mol. The Hall–Kier alpha value is -2.27. The molecule has 0 radical (unpaired) electrons. The maximum atomic E-state index is 12.8. The Morgan fingerprint density at radius 1 is 1.27 bits per heavy atom. The summed E-state index contributed by atoms with van der Waals surface area (Å²) < 4.78 is 0. The molecule has 22 heavy (non-hydrogen) atoms. The third-order valence-corrected chi connectivity index (χ3v) is 4.56. The van der Waals surface area contributed by atoms with Crippen LogP contribution in [0.3, 0.4) is 0 Å². The van der Waals surface area contributed by atoms with Crippen molar-refractivity contribution < 1.29 is 24.6 Å². The van der Waals surface area contributed by atoms with Crippen molar-refractivity contribution in [2.75, 3.05) is 0 Å². The van der Waals surface area contributed by atoms with E-state index in [2.05, 4.69) is 0 Å². The minimum atomic E-state index is -1.35. The van der Waals surface area contributed by atoms with Crippen molar-refractivity contribution in [3.63, 3.8) is 0 Å². The zero-order chi connectivity index (χ0) is 16.2. The van der Waals surface area contributed by atoms with Gasteiger partial charge in [-0.2, -0.15) is 0 Å². The molecule has 0 saturated carbocycles. The summed E-state index contributed by atoms with van der Waals surface area (Å²) in [5, 5.41) is 20.4. The van der Waals surface area contributed by atoms with E-state index in [0.29, 0.717) is 0 Å². The lowest BCUT2D eigenvalue weighted by Crippen LogP contribution is -2.47. The van der Waals surface area contributed by atoms with Crippen molar-refractivity contribution in [1.82, 2.24) is 0 Å². The number of aromatic hydroxyl groups is 1. The van der Waals surface area contributed by atoms with Crippen LogP contribution in [0.5, 0.6) is 5.75 Å². The number of fused-ring (bicyclic) bond motifs is 1. The van der Waals surface area contributed by atoms with Crippen LogP contribution in [0.4, 0.5) is 0 Å². The predicted molar refractivity (Wildman–Crippen MR) is 77.8 cm³/mol. The molecule has 0 unspecified atom stereocenters. The molecule has 2 atom stereocenters. The molecular formula is C17H16O5. The number of ketones is 3. The van der Waals surface area contributed by atoms with E-state index < -0.39 is 23.1 Å². The third-order valence-electron chi connectivity index (χ3n) is 4.56. The molecule has 0 fully saturated rings. The summed E-state index contributed by atoms with van der Waals surface area (Å²) in [5.74, 6) is -2.48. The summed E-state index contributed by atoms with van der Waals surface area (Å²) in [4.78, 5) is 37.4. The van der Waals surface area contributed by atoms with Gasteiger partial charge in [0.2, 0.25) is 0 Å². The lowest BCUT2D eigenvalue weighted by Gasteiger charge is -2.39. The Balaban J connectivity index is 2.27. The highest BCUT2D eigenvalue weighted by molar-refractivity contribution is 6.29. The Morgan fingerprint density at radius 2 is 1.95 bits per heavy atom. The molecule has 0 aromatic heterocycles. The van der Waals surface area contributed by atoms with Gasteiger partial charge in [0.25, 0.3) is 0 Å².